The summed E-state index contributed by atoms with van der Waals surface area (Å²) in [5.74, 6) is 2.61. The van der Waals surface area contributed by atoms with Crippen LogP contribution in [0.4, 0.5) is 11.6 Å². The standard InChI is InChI=1S/C10H13N7/c1-11-8-4-12-5-9(14-8)16-2-3-17-7-13-15-10(17)6-16/h4-5,7H,2-3,6H2,1H3,(H,11,14). The molecule has 0 amide bonds. The number of hydrogen-bond donors (Lipinski definition) is 1. The first-order chi connectivity index (χ1) is 8.36. The average molecular weight is 231 g/mol. The summed E-state index contributed by atoms with van der Waals surface area (Å²) in [7, 11) is 1.83. The van der Waals surface area contributed by atoms with Crippen molar-refractivity contribution in [1.82, 2.24) is 24.7 Å². The van der Waals surface area contributed by atoms with Gasteiger partial charge in [0.1, 0.15) is 18.0 Å². The van der Waals surface area contributed by atoms with E-state index >= 15 is 0 Å². The van der Waals surface area contributed by atoms with E-state index in [9.17, 15) is 0 Å². The molecule has 0 unspecified atom stereocenters. The van der Waals surface area contributed by atoms with Crippen molar-refractivity contribution in [2.45, 2.75) is 13.1 Å². The number of fused-ring (bicyclic) bond motifs is 1. The summed E-state index contributed by atoms with van der Waals surface area (Å²) < 4.78 is 2.06. The molecule has 0 saturated carbocycles. The molecule has 7 nitrogen and oxygen atoms in total. The van der Waals surface area contributed by atoms with Gasteiger partial charge in [0, 0.05) is 20.1 Å². The molecule has 0 aromatic carbocycles. The summed E-state index contributed by atoms with van der Waals surface area (Å²) in [5.41, 5.74) is 0. The fourth-order valence-corrected chi connectivity index (χ4v) is 1.89. The maximum atomic E-state index is 4.47. The molecule has 3 rings (SSSR count). The van der Waals surface area contributed by atoms with Gasteiger partial charge in [-0.3, -0.25) is 4.98 Å². The molecule has 1 aliphatic heterocycles. The van der Waals surface area contributed by atoms with Crippen molar-refractivity contribution in [2.75, 3.05) is 23.8 Å². The molecular weight excluding hydrogens is 218 g/mol. The molecule has 3 heterocycles. The second kappa shape index (κ2) is 4.00. The Balaban J connectivity index is 1.86. The number of aromatic nitrogens is 5. The number of hydrogen-bond acceptors (Lipinski definition) is 6. The maximum absolute atomic E-state index is 4.47. The van der Waals surface area contributed by atoms with Crippen molar-refractivity contribution in [3.63, 3.8) is 0 Å². The van der Waals surface area contributed by atoms with Crippen molar-refractivity contribution in [2.24, 2.45) is 0 Å². The normalized spacial score (nSPS) is 14.5. The molecule has 0 bridgehead atoms. The molecule has 1 N–H and O–H groups in total. The summed E-state index contributed by atoms with van der Waals surface area (Å²) in [6.45, 7) is 2.50. The summed E-state index contributed by atoms with van der Waals surface area (Å²) in [6, 6.07) is 0. The largest absolute Gasteiger partial charge is 0.372 e. The molecule has 7 heteroatoms. The summed E-state index contributed by atoms with van der Waals surface area (Å²) in [5, 5.41) is 11.0. The highest BCUT2D eigenvalue weighted by Crippen LogP contribution is 2.17. The maximum Gasteiger partial charge on any atom is 0.152 e. The Kier molecular flexibility index (Phi) is 2.36. The molecule has 0 aliphatic carbocycles. The van der Waals surface area contributed by atoms with Gasteiger partial charge in [-0.25, -0.2) is 4.98 Å². The third-order valence-corrected chi connectivity index (χ3v) is 2.84. The minimum Gasteiger partial charge on any atom is -0.372 e. The monoisotopic (exact) mass is 231 g/mol. The Bertz CT molecular complexity index is 521. The van der Waals surface area contributed by atoms with Gasteiger partial charge in [-0.1, -0.05) is 0 Å². The Morgan fingerprint density at radius 3 is 3.12 bits per heavy atom. The molecular formula is C10H13N7. The van der Waals surface area contributed by atoms with Crippen LogP contribution in [-0.4, -0.2) is 38.3 Å². The van der Waals surface area contributed by atoms with Gasteiger partial charge in [0.25, 0.3) is 0 Å². The number of rotatable bonds is 2. The minimum absolute atomic E-state index is 0.724. The highest BCUT2D eigenvalue weighted by Gasteiger charge is 2.18. The van der Waals surface area contributed by atoms with Crippen molar-refractivity contribution >= 4 is 11.6 Å². The number of nitrogens with one attached hydrogen (secondary N) is 1. The predicted molar refractivity (Wildman–Crippen MR) is 62.7 cm³/mol. The van der Waals surface area contributed by atoms with Crippen molar-refractivity contribution in [3.05, 3.63) is 24.5 Å². The Morgan fingerprint density at radius 1 is 1.29 bits per heavy atom. The Hall–Kier alpha value is -2.18. The van der Waals surface area contributed by atoms with E-state index in [2.05, 4.69) is 34.9 Å². The molecule has 2 aromatic heterocycles. The lowest BCUT2D eigenvalue weighted by Crippen LogP contribution is -2.34. The first-order valence-corrected chi connectivity index (χ1v) is 5.48. The molecule has 0 atom stereocenters. The van der Waals surface area contributed by atoms with Crippen LogP contribution in [-0.2, 0) is 13.1 Å². The summed E-state index contributed by atoms with van der Waals surface area (Å²) in [4.78, 5) is 10.8. The fourth-order valence-electron chi connectivity index (χ4n) is 1.89. The second-order valence-corrected chi connectivity index (χ2v) is 3.87. The van der Waals surface area contributed by atoms with Crippen molar-refractivity contribution in [3.8, 4) is 0 Å². The Morgan fingerprint density at radius 2 is 2.24 bits per heavy atom. The zero-order valence-electron chi connectivity index (χ0n) is 9.54. The highest BCUT2D eigenvalue weighted by molar-refractivity contribution is 5.43. The zero-order valence-corrected chi connectivity index (χ0v) is 9.54. The van der Waals surface area contributed by atoms with E-state index in [1.807, 2.05) is 7.05 Å². The van der Waals surface area contributed by atoms with Crippen LogP contribution in [0.2, 0.25) is 0 Å². The van der Waals surface area contributed by atoms with Gasteiger partial charge in [0.2, 0.25) is 0 Å². The van der Waals surface area contributed by atoms with Crippen LogP contribution < -0.4 is 10.2 Å². The molecule has 1 aliphatic rings. The lowest BCUT2D eigenvalue weighted by atomic mass is 10.3. The summed E-state index contributed by atoms with van der Waals surface area (Å²) in [6.07, 6.45) is 5.24. The van der Waals surface area contributed by atoms with E-state index in [1.165, 1.54) is 0 Å². The van der Waals surface area contributed by atoms with Gasteiger partial charge in [-0.2, -0.15) is 0 Å². The molecule has 0 spiro atoms. The number of nitrogens with zero attached hydrogens (tertiary/aromatic N) is 6. The van der Waals surface area contributed by atoms with Crippen LogP contribution in [0.1, 0.15) is 5.82 Å². The fraction of sp³-hybridized carbons (Fsp3) is 0.400. The van der Waals surface area contributed by atoms with Crippen LogP contribution in [0, 0.1) is 0 Å². The quantitative estimate of drug-likeness (QED) is 0.792. The van der Waals surface area contributed by atoms with E-state index in [0.29, 0.717) is 0 Å². The van der Waals surface area contributed by atoms with Crippen LogP contribution in [0.3, 0.4) is 0 Å². The van der Waals surface area contributed by atoms with Gasteiger partial charge in [-0.05, 0) is 0 Å². The second-order valence-electron chi connectivity index (χ2n) is 3.87. The van der Waals surface area contributed by atoms with Crippen molar-refractivity contribution < 1.29 is 0 Å². The topological polar surface area (TPSA) is 71.8 Å². The van der Waals surface area contributed by atoms with E-state index in [0.717, 1.165) is 37.1 Å². The third-order valence-electron chi connectivity index (χ3n) is 2.84. The summed E-state index contributed by atoms with van der Waals surface area (Å²) >= 11 is 0. The molecule has 0 radical (unpaired) electrons. The molecule has 0 fully saturated rings. The van der Waals surface area contributed by atoms with Gasteiger partial charge < -0.3 is 14.8 Å². The third kappa shape index (κ3) is 1.79. The van der Waals surface area contributed by atoms with E-state index in [1.54, 1.807) is 18.7 Å². The van der Waals surface area contributed by atoms with Crippen LogP contribution >= 0.6 is 0 Å². The molecule has 17 heavy (non-hydrogen) atoms. The smallest absolute Gasteiger partial charge is 0.152 e. The molecule has 2 aromatic rings. The van der Waals surface area contributed by atoms with E-state index in [4.69, 9.17) is 0 Å². The predicted octanol–water partition coefficient (Wildman–Crippen LogP) is 0.130. The SMILES string of the molecule is CNc1cncc(N2CCn3cnnc3C2)n1. The van der Waals surface area contributed by atoms with Crippen LogP contribution in [0.5, 0.6) is 0 Å². The minimum atomic E-state index is 0.724. The van der Waals surface area contributed by atoms with Gasteiger partial charge in [-0.15, -0.1) is 10.2 Å². The van der Waals surface area contributed by atoms with Crippen LogP contribution in [0.25, 0.3) is 0 Å². The van der Waals surface area contributed by atoms with E-state index in [-0.39, 0.29) is 0 Å². The highest BCUT2D eigenvalue weighted by atomic mass is 15.3. The average Bonchev–Trinajstić information content (AvgIpc) is 2.86. The Labute approximate surface area is 98.5 Å². The van der Waals surface area contributed by atoms with Crippen molar-refractivity contribution in [1.29, 1.82) is 0 Å². The molecule has 0 saturated heterocycles. The lowest BCUT2D eigenvalue weighted by Gasteiger charge is -2.27. The van der Waals surface area contributed by atoms with Gasteiger partial charge in [0.15, 0.2) is 5.82 Å². The lowest BCUT2D eigenvalue weighted by molar-refractivity contribution is 0.556. The number of anilines is 2. The zero-order chi connectivity index (χ0) is 11.7. The first kappa shape index (κ1) is 10.0. The van der Waals surface area contributed by atoms with Crippen LogP contribution in [0.15, 0.2) is 18.7 Å². The van der Waals surface area contributed by atoms with E-state index < -0.39 is 0 Å². The van der Waals surface area contributed by atoms with Gasteiger partial charge >= 0.3 is 0 Å². The van der Waals surface area contributed by atoms with Gasteiger partial charge in [0.05, 0.1) is 18.9 Å². The molecule has 88 valence electrons. The first-order valence-electron chi connectivity index (χ1n) is 5.48.